The topological polar surface area (TPSA) is 64.4 Å². The van der Waals surface area contributed by atoms with E-state index in [1.54, 1.807) is 15.6 Å². The number of hydrogen-bond donors (Lipinski definition) is 0. The molecule has 1 aliphatic heterocycles. The number of fused-ring (bicyclic) bond motifs is 1. The minimum Gasteiger partial charge on any atom is -0.444 e. The van der Waals surface area contributed by atoms with Gasteiger partial charge in [0.25, 0.3) is 5.24 Å². The van der Waals surface area contributed by atoms with E-state index in [1.807, 2.05) is 20.8 Å². The van der Waals surface area contributed by atoms with Crippen molar-refractivity contribution >= 4 is 22.9 Å². The SMILES string of the molecule is CC(C)(C)OC(=O)N1CCCn2nc(C(=O)Cl)cc2C1. The maximum absolute atomic E-state index is 12.1. The van der Waals surface area contributed by atoms with E-state index in [0.717, 1.165) is 12.1 Å². The van der Waals surface area contributed by atoms with Crippen LogP contribution in [0.5, 0.6) is 0 Å². The quantitative estimate of drug-likeness (QED) is 0.747. The van der Waals surface area contributed by atoms with Crippen LogP contribution in [-0.4, -0.2) is 38.2 Å². The molecule has 1 aromatic rings. The Morgan fingerprint density at radius 2 is 2.05 bits per heavy atom. The number of amides is 1. The van der Waals surface area contributed by atoms with Gasteiger partial charge in [0, 0.05) is 13.1 Å². The molecule has 2 heterocycles. The first-order valence-corrected chi connectivity index (χ1v) is 6.88. The van der Waals surface area contributed by atoms with Gasteiger partial charge >= 0.3 is 6.09 Å². The summed E-state index contributed by atoms with van der Waals surface area (Å²) in [5, 5.41) is 3.55. The number of aromatic nitrogens is 2. The van der Waals surface area contributed by atoms with Gasteiger partial charge < -0.3 is 9.64 Å². The average molecular weight is 300 g/mol. The van der Waals surface area contributed by atoms with Crippen molar-refractivity contribution in [3.8, 4) is 0 Å². The molecule has 0 unspecified atom stereocenters. The van der Waals surface area contributed by atoms with Gasteiger partial charge in [-0.1, -0.05) is 0 Å². The van der Waals surface area contributed by atoms with E-state index in [0.29, 0.717) is 19.6 Å². The third kappa shape index (κ3) is 3.50. The third-order valence-corrected chi connectivity index (χ3v) is 3.06. The molecule has 0 atom stereocenters. The largest absolute Gasteiger partial charge is 0.444 e. The number of hydrogen-bond acceptors (Lipinski definition) is 4. The van der Waals surface area contributed by atoms with Crippen LogP contribution < -0.4 is 0 Å². The van der Waals surface area contributed by atoms with Gasteiger partial charge in [0.05, 0.1) is 12.2 Å². The highest BCUT2D eigenvalue weighted by Gasteiger charge is 2.25. The molecule has 0 aromatic carbocycles. The summed E-state index contributed by atoms with van der Waals surface area (Å²) in [6, 6.07) is 1.62. The summed E-state index contributed by atoms with van der Waals surface area (Å²) < 4.78 is 7.09. The van der Waals surface area contributed by atoms with Crippen LogP contribution in [0.2, 0.25) is 0 Å². The van der Waals surface area contributed by atoms with Gasteiger partial charge in [-0.25, -0.2) is 4.79 Å². The standard InChI is InChI=1S/C13H18ClN3O3/c1-13(2,3)20-12(19)16-5-4-6-17-9(8-16)7-10(15-17)11(14)18/h7H,4-6,8H2,1-3H3. The Morgan fingerprint density at radius 3 is 2.65 bits per heavy atom. The molecule has 20 heavy (non-hydrogen) atoms. The monoisotopic (exact) mass is 299 g/mol. The third-order valence-electron chi connectivity index (χ3n) is 2.87. The van der Waals surface area contributed by atoms with Crippen LogP contribution in [0.15, 0.2) is 6.07 Å². The van der Waals surface area contributed by atoms with Crippen molar-refractivity contribution in [1.82, 2.24) is 14.7 Å². The van der Waals surface area contributed by atoms with Gasteiger partial charge in [0.15, 0.2) is 0 Å². The number of carbonyl (C=O) groups excluding carboxylic acids is 2. The van der Waals surface area contributed by atoms with Crippen LogP contribution in [0.1, 0.15) is 43.4 Å². The molecule has 0 spiro atoms. The Hall–Kier alpha value is -1.56. The molecule has 1 aliphatic rings. The summed E-state index contributed by atoms with van der Waals surface area (Å²) in [5.41, 5.74) is 0.478. The van der Waals surface area contributed by atoms with E-state index in [-0.39, 0.29) is 11.8 Å². The van der Waals surface area contributed by atoms with E-state index >= 15 is 0 Å². The van der Waals surface area contributed by atoms with Crippen LogP contribution in [0.3, 0.4) is 0 Å². The van der Waals surface area contributed by atoms with E-state index in [4.69, 9.17) is 16.3 Å². The summed E-state index contributed by atoms with van der Waals surface area (Å²) in [6.45, 7) is 7.11. The second-order valence-corrected chi connectivity index (χ2v) is 6.12. The number of carbonyl (C=O) groups is 2. The molecule has 0 radical (unpaired) electrons. The second-order valence-electron chi connectivity index (χ2n) is 5.77. The Bertz CT molecular complexity index is 533. The molecule has 2 rings (SSSR count). The lowest BCUT2D eigenvalue weighted by atomic mass is 10.2. The first kappa shape index (κ1) is 14.8. The Labute approximate surface area is 122 Å². The van der Waals surface area contributed by atoms with E-state index in [9.17, 15) is 9.59 Å². The summed E-state index contributed by atoms with van der Waals surface area (Å²) in [6.07, 6.45) is 0.398. The number of rotatable bonds is 1. The first-order chi connectivity index (χ1) is 9.26. The zero-order valence-electron chi connectivity index (χ0n) is 11.9. The highest BCUT2D eigenvalue weighted by atomic mass is 35.5. The fraction of sp³-hybridized carbons (Fsp3) is 0.615. The van der Waals surface area contributed by atoms with Crippen LogP contribution in [0, 0.1) is 0 Å². The van der Waals surface area contributed by atoms with Crippen LogP contribution in [0.25, 0.3) is 0 Å². The molecule has 0 fully saturated rings. The maximum Gasteiger partial charge on any atom is 0.410 e. The predicted octanol–water partition coefficient (Wildman–Crippen LogP) is 2.40. The second kappa shape index (κ2) is 5.44. The van der Waals surface area contributed by atoms with Crippen molar-refractivity contribution in [2.45, 2.75) is 45.9 Å². The molecule has 0 aliphatic carbocycles. The predicted molar refractivity (Wildman–Crippen MR) is 73.7 cm³/mol. The van der Waals surface area contributed by atoms with E-state index < -0.39 is 10.8 Å². The van der Waals surface area contributed by atoms with Gasteiger partial charge in [-0.2, -0.15) is 5.10 Å². The van der Waals surface area contributed by atoms with Gasteiger partial charge in [0.2, 0.25) is 0 Å². The fourth-order valence-corrected chi connectivity index (χ4v) is 2.13. The molecule has 7 heteroatoms. The number of ether oxygens (including phenoxy) is 1. The molecule has 0 bridgehead atoms. The molecule has 1 amide bonds. The molecular weight excluding hydrogens is 282 g/mol. The van der Waals surface area contributed by atoms with Gasteiger partial charge in [-0.05, 0) is 44.9 Å². The molecule has 0 saturated heterocycles. The molecule has 0 saturated carbocycles. The molecular formula is C13H18ClN3O3. The fourth-order valence-electron chi connectivity index (χ4n) is 2.04. The number of nitrogens with zero attached hydrogens (tertiary/aromatic N) is 3. The smallest absolute Gasteiger partial charge is 0.410 e. The van der Waals surface area contributed by atoms with Gasteiger partial charge in [0.1, 0.15) is 11.3 Å². The zero-order chi connectivity index (χ0) is 14.9. The summed E-state index contributed by atoms with van der Waals surface area (Å²) in [5.74, 6) is 0. The van der Waals surface area contributed by atoms with Crippen molar-refractivity contribution in [3.63, 3.8) is 0 Å². The number of halogens is 1. The maximum atomic E-state index is 12.1. The lowest BCUT2D eigenvalue weighted by Crippen LogP contribution is -2.36. The lowest BCUT2D eigenvalue weighted by Gasteiger charge is -2.26. The summed E-state index contributed by atoms with van der Waals surface area (Å²) in [4.78, 5) is 24.9. The Balaban J connectivity index is 2.15. The van der Waals surface area contributed by atoms with E-state index in [2.05, 4.69) is 5.10 Å². The Kier molecular flexibility index (Phi) is 4.04. The average Bonchev–Trinajstić information content (AvgIpc) is 2.59. The molecule has 6 nitrogen and oxygen atoms in total. The van der Waals surface area contributed by atoms with Crippen LogP contribution in [-0.2, 0) is 17.8 Å². The van der Waals surface area contributed by atoms with Crippen molar-refractivity contribution in [2.24, 2.45) is 0 Å². The normalized spacial score (nSPS) is 15.5. The molecule has 110 valence electrons. The van der Waals surface area contributed by atoms with Crippen molar-refractivity contribution in [3.05, 3.63) is 17.5 Å². The van der Waals surface area contributed by atoms with Crippen LogP contribution in [0.4, 0.5) is 4.79 Å². The Morgan fingerprint density at radius 1 is 1.35 bits per heavy atom. The van der Waals surface area contributed by atoms with Gasteiger partial charge in [-0.3, -0.25) is 9.48 Å². The zero-order valence-corrected chi connectivity index (χ0v) is 12.6. The summed E-state index contributed by atoms with van der Waals surface area (Å²) in [7, 11) is 0. The molecule has 1 aromatic heterocycles. The van der Waals surface area contributed by atoms with E-state index in [1.165, 1.54) is 0 Å². The minimum atomic E-state index is -0.589. The first-order valence-electron chi connectivity index (χ1n) is 6.51. The van der Waals surface area contributed by atoms with Crippen molar-refractivity contribution in [1.29, 1.82) is 0 Å². The molecule has 0 N–H and O–H groups in total. The highest BCUT2D eigenvalue weighted by Crippen LogP contribution is 2.17. The van der Waals surface area contributed by atoms with Crippen LogP contribution >= 0.6 is 11.6 Å². The lowest BCUT2D eigenvalue weighted by molar-refractivity contribution is 0.0236. The summed E-state index contributed by atoms with van der Waals surface area (Å²) >= 11 is 5.43. The van der Waals surface area contributed by atoms with Crippen molar-refractivity contribution < 1.29 is 14.3 Å². The highest BCUT2D eigenvalue weighted by molar-refractivity contribution is 6.67. The number of aryl methyl sites for hydroxylation is 1. The van der Waals surface area contributed by atoms with Gasteiger partial charge in [-0.15, -0.1) is 0 Å². The van der Waals surface area contributed by atoms with Crippen molar-refractivity contribution in [2.75, 3.05) is 6.54 Å². The minimum absolute atomic E-state index is 0.215.